The van der Waals surface area contributed by atoms with Crippen molar-refractivity contribution in [3.63, 3.8) is 0 Å². The van der Waals surface area contributed by atoms with Gasteiger partial charge in [0.2, 0.25) is 5.91 Å². The predicted molar refractivity (Wildman–Crippen MR) is 97.4 cm³/mol. The number of likely N-dealkylation sites (tertiary alicyclic amines) is 1. The van der Waals surface area contributed by atoms with Gasteiger partial charge < -0.3 is 20.7 Å². The molecule has 3 amide bonds. The quantitative estimate of drug-likeness (QED) is 0.766. The van der Waals surface area contributed by atoms with Gasteiger partial charge in [-0.05, 0) is 36.6 Å². The van der Waals surface area contributed by atoms with Crippen molar-refractivity contribution < 1.29 is 19.1 Å². The van der Waals surface area contributed by atoms with Crippen LogP contribution >= 0.6 is 11.3 Å². The highest BCUT2D eigenvalue weighted by molar-refractivity contribution is 7.10. The molecule has 0 radical (unpaired) electrons. The summed E-state index contributed by atoms with van der Waals surface area (Å²) in [7, 11) is 1.36. The van der Waals surface area contributed by atoms with Gasteiger partial charge in [-0.15, -0.1) is 11.3 Å². The number of rotatable bonds is 5. The first kappa shape index (κ1) is 18.7. The van der Waals surface area contributed by atoms with Gasteiger partial charge in [0.15, 0.2) is 0 Å². The number of amides is 3. The Balaban J connectivity index is 1.80. The summed E-state index contributed by atoms with van der Waals surface area (Å²) in [6.07, 6.45) is 4.90. The molecule has 3 N–H and O–H groups in total. The first-order valence-electron chi connectivity index (χ1n) is 8.99. The zero-order valence-corrected chi connectivity index (χ0v) is 15.7. The highest BCUT2D eigenvalue weighted by Crippen LogP contribution is 2.41. The van der Waals surface area contributed by atoms with E-state index >= 15 is 0 Å². The average Bonchev–Trinajstić information content (AvgIpc) is 3.27. The van der Waals surface area contributed by atoms with Gasteiger partial charge in [0, 0.05) is 10.9 Å². The zero-order chi connectivity index (χ0) is 18.7. The Morgan fingerprint density at radius 1 is 1.38 bits per heavy atom. The van der Waals surface area contributed by atoms with E-state index in [0.717, 1.165) is 30.6 Å². The molecule has 2 heterocycles. The van der Waals surface area contributed by atoms with Gasteiger partial charge in [0.05, 0.1) is 19.6 Å². The van der Waals surface area contributed by atoms with Gasteiger partial charge >= 0.3 is 12.0 Å². The maximum atomic E-state index is 13.1. The summed E-state index contributed by atoms with van der Waals surface area (Å²) in [5, 5.41) is 4.54. The Hall–Kier alpha value is -2.09. The number of ether oxygens (including phenoxy) is 1. The van der Waals surface area contributed by atoms with Crippen LogP contribution in [0, 0.1) is 5.92 Å². The lowest BCUT2D eigenvalue weighted by Crippen LogP contribution is -2.48. The number of nitrogens with two attached hydrogens (primary N) is 1. The fourth-order valence-corrected chi connectivity index (χ4v) is 5.11. The number of carbonyl (C=O) groups is 3. The molecule has 2 aliphatic rings. The molecule has 0 unspecified atom stereocenters. The first-order valence-corrected chi connectivity index (χ1v) is 9.87. The molecule has 8 heteroatoms. The van der Waals surface area contributed by atoms with Crippen LogP contribution in [-0.4, -0.2) is 42.0 Å². The largest absolute Gasteiger partial charge is 0.467 e. The summed E-state index contributed by atoms with van der Waals surface area (Å²) < 4.78 is 4.94. The second-order valence-electron chi connectivity index (χ2n) is 6.97. The molecule has 142 valence electrons. The van der Waals surface area contributed by atoms with Crippen molar-refractivity contribution in [3.05, 3.63) is 22.4 Å². The van der Waals surface area contributed by atoms with Gasteiger partial charge in [-0.25, -0.2) is 9.59 Å². The van der Waals surface area contributed by atoms with Crippen LogP contribution in [0.5, 0.6) is 0 Å². The summed E-state index contributed by atoms with van der Waals surface area (Å²) in [5.41, 5.74) is 5.29. The molecule has 1 aromatic heterocycles. The van der Waals surface area contributed by atoms with Crippen molar-refractivity contribution in [2.75, 3.05) is 7.11 Å². The maximum absolute atomic E-state index is 13.1. The van der Waals surface area contributed by atoms with Crippen LogP contribution in [0.15, 0.2) is 17.5 Å². The van der Waals surface area contributed by atoms with Crippen molar-refractivity contribution in [1.82, 2.24) is 10.2 Å². The molecule has 2 fully saturated rings. The third-order valence-electron chi connectivity index (χ3n) is 5.43. The number of nitrogens with zero attached hydrogens (tertiary/aromatic N) is 1. The van der Waals surface area contributed by atoms with Crippen molar-refractivity contribution in [2.24, 2.45) is 11.7 Å². The standard InChI is InChI=1S/C18H25N3O4S/c1-25-17(23)14-9-11-5-2-3-6-13(11)21(14)16(22)10-12(20-18(19)24)15-7-4-8-26-15/h4,7-8,11-14H,2-3,5-6,9-10H2,1H3,(H3,19,20,24)/t11-,12-,13+,14-/m0/s1. The maximum Gasteiger partial charge on any atom is 0.328 e. The second kappa shape index (κ2) is 8.07. The SMILES string of the molecule is COC(=O)[C@@H]1C[C@@H]2CCCC[C@H]2N1C(=O)C[C@H](NC(N)=O)c1cccs1. The summed E-state index contributed by atoms with van der Waals surface area (Å²) in [6.45, 7) is 0. The van der Waals surface area contributed by atoms with E-state index in [-0.39, 0.29) is 24.3 Å². The van der Waals surface area contributed by atoms with Crippen molar-refractivity contribution in [3.8, 4) is 0 Å². The Kier molecular flexibility index (Phi) is 5.80. The van der Waals surface area contributed by atoms with Crippen LogP contribution in [0.25, 0.3) is 0 Å². The Labute approximate surface area is 156 Å². The van der Waals surface area contributed by atoms with E-state index in [9.17, 15) is 14.4 Å². The Bertz CT molecular complexity index is 663. The number of thiophene rings is 1. The lowest BCUT2D eigenvalue weighted by Gasteiger charge is -2.34. The molecule has 1 aromatic rings. The molecular weight excluding hydrogens is 354 g/mol. The minimum Gasteiger partial charge on any atom is -0.467 e. The van der Waals surface area contributed by atoms with Gasteiger partial charge in [-0.3, -0.25) is 4.79 Å². The molecular formula is C18H25N3O4S. The lowest BCUT2D eigenvalue weighted by atomic mass is 9.84. The monoisotopic (exact) mass is 379 g/mol. The van der Waals surface area contributed by atoms with E-state index in [2.05, 4.69) is 5.32 Å². The molecule has 0 bridgehead atoms. The van der Waals surface area contributed by atoms with Gasteiger partial charge in [-0.1, -0.05) is 18.9 Å². The van der Waals surface area contributed by atoms with E-state index in [1.807, 2.05) is 17.5 Å². The molecule has 1 aliphatic carbocycles. The third kappa shape index (κ3) is 3.85. The minimum absolute atomic E-state index is 0.0814. The number of primary amides is 1. The second-order valence-corrected chi connectivity index (χ2v) is 7.95. The van der Waals surface area contributed by atoms with E-state index in [1.165, 1.54) is 18.4 Å². The van der Waals surface area contributed by atoms with Crippen LogP contribution in [0.1, 0.15) is 49.4 Å². The van der Waals surface area contributed by atoms with Crippen LogP contribution in [0.4, 0.5) is 4.79 Å². The zero-order valence-electron chi connectivity index (χ0n) is 14.8. The number of fused-ring (bicyclic) bond motifs is 1. The van der Waals surface area contributed by atoms with Gasteiger partial charge in [-0.2, -0.15) is 0 Å². The number of nitrogens with one attached hydrogen (secondary N) is 1. The van der Waals surface area contributed by atoms with E-state index in [0.29, 0.717) is 12.3 Å². The van der Waals surface area contributed by atoms with Crippen molar-refractivity contribution in [1.29, 1.82) is 0 Å². The van der Waals surface area contributed by atoms with Crippen molar-refractivity contribution in [2.45, 2.75) is 56.7 Å². The third-order valence-corrected chi connectivity index (χ3v) is 6.42. The molecule has 3 rings (SSSR count). The summed E-state index contributed by atoms with van der Waals surface area (Å²) >= 11 is 1.46. The summed E-state index contributed by atoms with van der Waals surface area (Å²) in [6, 6.07) is 2.13. The molecule has 1 saturated carbocycles. The number of urea groups is 1. The highest BCUT2D eigenvalue weighted by atomic mass is 32.1. The topological polar surface area (TPSA) is 102 Å². The van der Waals surface area contributed by atoms with E-state index in [4.69, 9.17) is 10.5 Å². The minimum atomic E-state index is -0.669. The molecule has 0 spiro atoms. The van der Waals surface area contributed by atoms with Crippen LogP contribution in [-0.2, 0) is 14.3 Å². The summed E-state index contributed by atoms with van der Waals surface area (Å²) in [5.74, 6) is -0.147. The Morgan fingerprint density at radius 2 is 2.15 bits per heavy atom. The lowest BCUT2D eigenvalue weighted by molar-refractivity contribution is -0.152. The number of hydrogen-bond acceptors (Lipinski definition) is 5. The number of hydrogen-bond donors (Lipinski definition) is 2. The van der Waals surface area contributed by atoms with E-state index < -0.39 is 18.1 Å². The number of carbonyl (C=O) groups excluding carboxylic acids is 3. The molecule has 1 aliphatic heterocycles. The normalized spacial score (nSPS) is 26.0. The van der Waals surface area contributed by atoms with Gasteiger partial charge in [0.1, 0.15) is 6.04 Å². The first-order chi connectivity index (χ1) is 12.5. The fraction of sp³-hybridized carbons (Fsp3) is 0.611. The molecule has 1 saturated heterocycles. The molecule has 4 atom stereocenters. The number of methoxy groups -OCH3 is 1. The average molecular weight is 379 g/mol. The van der Waals surface area contributed by atoms with Crippen molar-refractivity contribution >= 4 is 29.2 Å². The van der Waals surface area contributed by atoms with Crippen LogP contribution in [0.2, 0.25) is 0 Å². The predicted octanol–water partition coefficient (Wildman–Crippen LogP) is 2.18. The molecule has 26 heavy (non-hydrogen) atoms. The van der Waals surface area contributed by atoms with Crippen LogP contribution < -0.4 is 11.1 Å². The van der Waals surface area contributed by atoms with Gasteiger partial charge in [0.25, 0.3) is 0 Å². The van der Waals surface area contributed by atoms with E-state index in [1.54, 1.807) is 4.90 Å². The van der Waals surface area contributed by atoms with Crippen LogP contribution in [0.3, 0.4) is 0 Å². The summed E-state index contributed by atoms with van der Waals surface area (Å²) in [4.78, 5) is 39.4. The molecule has 0 aromatic carbocycles. The smallest absolute Gasteiger partial charge is 0.328 e. The Morgan fingerprint density at radius 3 is 2.81 bits per heavy atom. The number of esters is 1. The highest BCUT2D eigenvalue weighted by Gasteiger charge is 2.48. The fourth-order valence-electron chi connectivity index (χ4n) is 4.33. The molecule has 7 nitrogen and oxygen atoms in total.